The van der Waals surface area contributed by atoms with Gasteiger partial charge in [0.2, 0.25) is 0 Å². The SMILES string of the molecule is O=C(NCCc1ccccc1)c1cccc(C(=O)N2CCOCC2)c1. The molecule has 1 saturated heterocycles. The monoisotopic (exact) mass is 338 g/mol. The number of benzene rings is 2. The van der Waals surface area contributed by atoms with Crippen molar-refractivity contribution in [1.82, 2.24) is 10.2 Å². The topological polar surface area (TPSA) is 58.6 Å². The number of rotatable bonds is 5. The molecule has 1 heterocycles. The zero-order valence-electron chi connectivity index (χ0n) is 14.1. The average molecular weight is 338 g/mol. The second kappa shape index (κ2) is 8.44. The van der Waals surface area contributed by atoms with Crippen LogP contribution in [0.4, 0.5) is 0 Å². The Morgan fingerprint density at radius 2 is 1.68 bits per heavy atom. The fourth-order valence-corrected chi connectivity index (χ4v) is 2.81. The highest BCUT2D eigenvalue weighted by molar-refractivity contribution is 5.99. The number of carbonyl (C=O) groups excluding carboxylic acids is 2. The molecule has 5 heteroatoms. The molecular formula is C20H22N2O3. The first kappa shape index (κ1) is 17.2. The molecule has 1 N–H and O–H groups in total. The van der Waals surface area contributed by atoms with E-state index in [9.17, 15) is 9.59 Å². The number of nitrogens with zero attached hydrogens (tertiary/aromatic N) is 1. The zero-order valence-corrected chi connectivity index (χ0v) is 14.1. The summed E-state index contributed by atoms with van der Waals surface area (Å²) in [6.07, 6.45) is 0.777. The van der Waals surface area contributed by atoms with Crippen molar-refractivity contribution in [2.75, 3.05) is 32.8 Å². The van der Waals surface area contributed by atoms with E-state index in [1.54, 1.807) is 29.2 Å². The van der Waals surface area contributed by atoms with E-state index in [1.165, 1.54) is 5.56 Å². The summed E-state index contributed by atoms with van der Waals surface area (Å²) in [6.45, 7) is 2.86. The molecule has 5 nitrogen and oxygen atoms in total. The number of nitrogens with one attached hydrogen (secondary N) is 1. The number of amides is 2. The van der Waals surface area contributed by atoms with Crippen LogP contribution in [0.25, 0.3) is 0 Å². The summed E-state index contributed by atoms with van der Waals surface area (Å²) in [5, 5.41) is 2.91. The van der Waals surface area contributed by atoms with E-state index >= 15 is 0 Å². The van der Waals surface area contributed by atoms with Crippen molar-refractivity contribution in [3.05, 3.63) is 71.3 Å². The summed E-state index contributed by atoms with van der Waals surface area (Å²) in [6, 6.07) is 16.9. The molecule has 25 heavy (non-hydrogen) atoms. The summed E-state index contributed by atoms with van der Waals surface area (Å²) in [4.78, 5) is 26.6. The van der Waals surface area contributed by atoms with Crippen molar-refractivity contribution in [2.24, 2.45) is 0 Å². The summed E-state index contributed by atoms with van der Waals surface area (Å²) >= 11 is 0. The fourth-order valence-electron chi connectivity index (χ4n) is 2.81. The molecule has 0 bridgehead atoms. The van der Waals surface area contributed by atoms with Gasteiger partial charge in [-0.25, -0.2) is 0 Å². The molecule has 2 amide bonds. The van der Waals surface area contributed by atoms with Crippen LogP contribution < -0.4 is 5.32 Å². The first-order chi connectivity index (χ1) is 12.2. The predicted octanol–water partition coefficient (Wildman–Crippen LogP) is 2.13. The quantitative estimate of drug-likeness (QED) is 0.909. The fraction of sp³-hybridized carbons (Fsp3) is 0.300. The van der Waals surface area contributed by atoms with Crippen LogP contribution in [0.5, 0.6) is 0 Å². The minimum absolute atomic E-state index is 0.0535. The third kappa shape index (κ3) is 4.67. The minimum atomic E-state index is -0.160. The lowest BCUT2D eigenvalue weighted by Gasteiger charge is -2.27. The molecule has 130 valence electrons. The first-order valence-electron chi connectivity index (χ1n) is 8.53. The molecule has 1 fully saturated rings. The third-order valence-corrected chi connectivity index (χ3v) is 4.21. The molecule has 2 aromatic rings. The lowest BCUT2D eigenvalue weighted by molar-refractivity contribution is 0.0303. The van der Waals surface area contributed by atoms with Crippen LogP contribution in [0, 0.1) is 0 Å². The molecule has 3 rings (SSSR count). The van der Waals surface area contributed by atoms with Crippen molar-refractivity contribution >= 4 is 11.8 Å². The van der Waals surface area contributed by atoms with Crippen LogP contribution >= 0.6 is 0 Å². The number of hydrogen-bond donors (Lipinski definition) is 1. The van der Waals surface area contributed by atoms with Gasteiger partial charge in [-0.1, -0.05) is 36.4 Å². The molecule has 0 atom stereocenters. The van der Waals surface area contributed by atoms with Crippen LogP contribution in [0.15, 0.2) is 54.6 Å². The van der Waals surface area contributed by atoms with Crippen molar-refractivity contribution in [3.8, 4) is 0 Å². The second-order valence-electron chi connectivity index (χ2n) is 5.98. The smallest absolute Gasteiger partial charge is 0.254 e. The summed E-state index contributed by atoms with van der Waals surface area (Å²) in [7, 11) is 0. The van der Waals surface area contributed by atoms with E-state index in [0.717, 1.165) is 6.42 Å². The largest absolute Gasteiger partial charge is 0.378 e. The number of ether oxygens (including phenoxy) is 1. The van der Waals surface area contributed by atoms with Gasteiger partial charge in [0, 0.05) is 30.8 Å². The van der Waals surface area contributed by atoms with Gasteiger partial charge >= 0.3 is 0 Å². The van der Waals surface area contributed by atoms with Crippen LogP contribution in [0.1, 0.15) is 26.3 Å². The van der Waals surface area contributed by atoms with Gasteiger partial charge in [-0.15, -0.1) is 0 Å². The maximum atomic E-state index is 12.5. The van der Waals surface area contributed by atoms with E-state index in [2.05, 4.69) is 5.32 Å². The molecule has 0 radical (unpaired) electrons. The molecule has 1 aliphatic rings. The molecule has 0 unspecified atom stereocenters. The maximum Gasteiger partial charge on any atom is 0.254 e. The van der Waals surface area contributed by atoms with Crippen molar-refractivity contribution in [2.45, 2.75) is 6.42 Å². The average Bonchev–Trinajstić information content (AvgIpc) is 2.69. The Kier molecular flexibility index (Phi) is 5.80. The molecule has 0 aromatic heterocycles. The molecule has 0 saturated carbocycles. The Balaban J connectivity index is 1.58. The number of hydrogen-bond acceptors (Lipinski definition) is 3. The number of carbonyl (C=O) groups is 2. The molecular weight excluding hydrogens is 316 g/mol. The van der Waals surface area contributed by atoms with Crippen LogP contribution in [0.3, 0.4) is 0 Å². The normalized spacial score (nSPS) is 14.2. The number of morpholine rings is 1. The van der Waals surface area contributed by atoms with Crippen LogP contribution in [0.2, 0.25) is 0 Å². The maximum absolute atomic E-state index is 12.5. The van der Waals surface area contributed by atoms with Crippen molar-refractivity contribution < 1.29 is 14.3 Å². The summed E-state index contributed by atoms with van der Waals surface area (Å²) in [5.41, 5.74) is 2.23. The Morgan fingerprint density at radius 3 is 2.44 bits per heavy atom. The van der Waals surface area contributed by atoms with Gasteiger partial charge in [-0.2, -0.15) is 0 Å². The Labute approximate surface area is 147 Å². The first-order valence-corrected chi connectivity index (χ1v) is 8.53. The van der Waals surface area contributed by atoms with Crippen LogP contribution in [-0.2, 0) is 11.2 Å². The van der Waals surface area contributed by atoms with Gasteiger partial charge in [0.1, 0.15) is 0 Å². The van der Waals surface area contributed by atoms with E-state index < -0.39 is 0 Å². The standard InChI is InChI=1S/C20H22N2O3/c23-19(21-10-9-16-5-2-1-3-6-16)17-7-4-8-18(15-17)20(24)22-11-13-25-14-12-22/h1-8,15H,9-14H2,(H,21,23). The highest BCUT2D eigenvalue weighted by atomic mass is 16.5. The van der Waals surface area contributed by atoms with Gasteiger partial charge in [0.05, 0.1) is 13.2 Å². The van der Waals surface area contributed by atoms with Crippen LogP contribution in [-0.4, -0.2) is 49.6 Å². The Hall–Kier alpha value is -2.66. The lowest BCUT2D eigenvalue weighted by Crippen LogP contribution is -2.40. The van der Waals surface area contributed by atoms with Crippen molar-refractivity contribution in [1.29, 1.82) is 0 Å². The third-order valence-electron chi connectivity index (χ3n) is 4.21. The molecule has 1 aliphatic heterocycles. The van der Waals surface area contributed by atoms with Crippen molar-refractivity contribution in [3.63, 3.8) is 0 Å². The lowest BCUT2D eigenvalue weighted by atomic mass is 10.1. The molecule has 0 spiro atoms. The highest BCUT2D eigenvalue weighted by Crippen LogP contribution is 2.10. The zero-order chi connectivity index (χ0) is 17.5. The van der Waals surface area contributed by atoms with Gasteiger partial charge in [0.25, 0.3) is 11.8 Å². The van der Waals surface area contributed by atoms with Gasteiger partial charge in [-0.05, 0) is 30.2 Å². The van der Waals surface area contributed by atoms with E-state index in [1.807, 2.05) is 30.3 Å². The van der Waals surface area contributed by atoms with E-state index in [0.29, 0.717) is 44.0 Å². The molecule has 2 aromatic carbocycles. The van der Waals surface area contributed by atoms with E-state index in [-0.39, 0.29) is 11.8 Å². The highest BCUT2D eigenvalue weighted by Gasteiger charge is 2.19. The summed E-state index contributed by atoms with van der Waals surface area (Å²) in [5.74, 6) is -0.213. The molecule has 0 aliphatic carbocycles. The summed E-state index contributed by atoms with van der Waals surface area (Å²) < 4.78 is 5.27. The van der Waals surface area contributed by atoms with Gasteiger partial charge in [-0.3, -0.25) is 9.59 Å². The Bertz CT molecular complexity index is 725. The van der Waals surface area contributed by atoms with Gasteiger partial charge < -0.3 is 15.0 Å². The van der Waals surface area contributed by atoms with Gasteiger partial charge in [0.15, 0.2) is 0 Å². The minimum Gasteiger partial charge on any atom is -0.378 e. The van der Waals surface area contributed by atoms with E-state index in [4.69, 9.17) is 4.74 Å². The predicted molar refractivity (Wildman–Crippen MR) is 95.6 cm³/mol. The second-order valence-corrected chi connectivity index (χ2v) is 5.98. The Morgan fingerprint density at radius 1 is 0.960 bits per heavy atom.